The minimum absolute atomic E-state index is 0.0310. The van der Waals surface area contributed by atoms with E-state index in [-0.39, 0.29) is 11.9 Å². The van der Waals surface area contributed by atoms with Crippen LogP contribution in [0.4, 0.5) is 5.69 Å². The molecule has 1 aliphatic heterocycles. The maximum Gasteiger partial charge on any atom is 0.282 e. The maximum absolute atomic E-state index is 12.6. The standard InChI is InChI=1S/C21H24Cl2N2O/c1-15(21(26)24-20-18(22)8-5-9-19(20)23)25-12-10-17(11-13-25)14-16-6-3-2-4-7-16/h2-9,15,17H,10-14H2,1H3,(H,24,26)/p+1/t15-/m0/s1. The zero-order valence-electron chi connectivity index (χ0n) is 15.0. The predicted molar refractivity (Wildman–Crippen MR) is 108 cm³/mol. The van der Waals surface area contributed by atoms with E-state index in [4.69, 9.17) is 23.2 Å². The van der Waals surface area contributed by atoms with E-state index in [1.807, 2.05) is 6.92 Å². The average Bonchev–Trinajstić information content (AvgIpc) is 2.65. The molecular weight excluding hydrogens is 367 g/mol. The number of para-hydroxylation sites is 1. The number of likely N-dealkylation sites (tertiary alicyclic amines) is 1. The molecule has 26 heavy (non-hydrogen) atoms. The molecule has 1 amide bonds. The van der Waals surface area contributed by atoms with Crippen LogP contribution in [0.1, 0.15) is 25.3 Å². The van der Waals surface area contributed by atoms with Crippen molar-refractivity contribution >= 4 is 34.8 Å². The van der Waals surface area contributed by atoms with Crippen LogP contribution in [0.3, 0.4) is 0 Å². The second-order valence-electron chi connectivity index (χ2n) is 7.10. The summed E-state index contributed by atoms with van der Waals surface area (Å²) >= 11 is 12.3. The lowest BCUT2D eigenvalue weighted by Crippen LogP contribution is -3.17. The molecule has 0 spiro atoms. The maximum atomic E-state index is 12.6. The first kappa shape index (κ1) is 19.2. The lowest BCUT2D eigenvalue weighted by Gasteiger charge is -2.32. The number of nitrogens with one attached hydrogen (secondary N) is 2. The molecular formula is C21H25Cl2N2O+. The molecule has 1 fully saturated rings. The van der Waals surface area contributed by atoms with Crippen LogP contribution in [0, 0.1) is 5.92 Å². The van der Waals surface area contributed by atoms with Crippen LogP contribution in [0.15, 0.2) is 48.5 Å². The Morgan fingerprint density at radius 2 is 1.69 bits per heavy atom. The molecule has 1 saturated heterocycles. The van der Waals surface area contributed by atoms with Gasteiger partial charge in [0.25, 0.3) is 5.91 Å². The Morgan fingerprint density at radius 1 is 1.08 bits per heavy atom. The SMILES string of the molecule is C[C@@H](C(=O)Nc1c(Cl)cccc1Cl)[NH+]1CCC(Cc2ccccc2)CC1. The topological polar surface area (TPSA) is 33.5 Å². The molecule has 5 heteroatoms. The van der Waals surface area contributed by atoms with Crippen molar-refractivity contribution in [3.05, 3.63) is 64.1 Å². The lowest BCUT2D eigenvalue weighted by molar-refractivity contribution is -0.919. The summed E-state index contributed by atoms with van der Waals surface area (Å²) in [6, 6.07) is 15.8. The smallest absolute Gasteiger partial charge is 0.282 e. The Hall–Kier alpha value is -1.55. The molecule has 2 aromatic carbocycles. The van der Waals surface area contributed by atoms with Crippen molar-refractivity contribution in [1.82, 2.24) is 0 Å². The van der Waals surface area contributed by atoms with Crippen molar-refractivity contribution in [3.8, 4) is 0 Å². The Bertz CT molecular complexity index is 723. The summed E-state index contributed by atoms with van der Waals surface area (Å²) in [5.74, 6) is 0.672. The first-order valence-corrected chi connectivity index (χ1v) is 9.93. The van der Waals surface area contributed by atoms with Crippen molar-refractivity contribution in [2.75, 3.05) is 18.4 Å². The third-order valence-electron chi connectivity index (χ3n) is 5.33. The van der Waals surface area contributed by atoms with Gasteiger partial charge in [0.15, 0.2) is 6.04 Å². The van der Waals surface area contributed by atoms with Gasteiger partial charge in [0.05, 0.1) is 28.8 Å². The number of piperidine rings is 1. The largest absolute Gasteiger partial charge is 0.325 e. The van der Waals surface area contributed by atoms with Crippen LogP contribution in [0.5, 0.6) is 0 Å². The van der Waals surface area contributed by atoms with Crippen LogP contribution in [-0.4, -0.2) is 25.0 Å². The molecule has 138 valence electrons. The van der Waals surface area contributed by atoms with Gasteiger partial charge in [-0.15, -0.1) is 0 Å². The number of rotatable bonds is 5. The molecule has 1 atom stereocenters. The molecule has 2 N–H and O–H groups in total. The van der Waals surface area contributed by atoms with Gasteiger partial charge in [0.1, 0.15) is 0 Å². The summed E-state index contributed by atoms with van der Waals surface area (Å²) in [4.78, 5) is 14.0. The lowest BCUT2D eigenvalue weighted by atomic mass is 9.89. The molecule has 0 bridgehead atoms. The highest BCUT2D eigenvalue weighted by Crippen LogP contribution is 2.29. The number of amides is 1. The number of carbonyl (C=O) groups excluding carboxylic acids is 1. The van der Waals surface area contributed by atoms with Crippen molar-refractivity contribution in [2.45, 2.75) is 32.2 Å². The molecule has 0 aliphatic carbocycles. The van der Waals surface area contributed by atoms with E-state index < -0.39 is 0 Å². The normalized spacial score (nSPS) is 21.2. The number of halogens is 2. The van der Waals surface area contributed by atoms with Crippen LogP contribution in [0.25, 0.3) is 0 Å². The van der Waals surface area contributed by atoms with Gasteiger partial charge in [-0.05, 0) is 49.8 Å². The van der Waals surface area contributed by atoms with E-state index in [0.29, 0.717) is 21.7 Å². The van der Waals surface area contributed by atoms with E-state index in [1.165, 1.54) is 10.5 Å². The predicted octanol–water partition coefficient (Wildman–Crippen LogP) is 3.86. The fourth-order valence-electron chi connectivity index (χ4n) is 3.67. The van der Waals surface area contributed by atoms with Crippen molar-refractivity contribution in [1.29, 1.82) is 0 Å². The highest BCUT2D eigenvalue weighted by atomic mass is 35.5. The third kappa shape index (κ3) is 4.79. The zero-order chi connectivity index (χ0) is 18.5. The minimum atomic E-state index is -0.125. The van der Waals surface area contributed by atoms with E-state index in [9.17, 15) is 4.79 Å². The Kier molecular flexibility index (Phi) is 6.58. The average molecular weight is 392 g/mol. The summed E-state index contributed by atoms with van der Waals surface area (Å²) in [6.45, 7) is 4.01. The third-order valence-corrected chi connectivity index (χ3v) is 5.96. The quantitative estimate of drug-likeness (QED) is 0.796. The van der Waals surface area contributed by atoms with Crippen molar-refractivity contribution in [3.63, 3.8) is 0 Å². The summed E-state index contributed by atoms with van der Waals surface area (Å²) in [7, 11) is 0. The summed E-state index contributed by atoms with van der Waals surface area (Å²) in [5, 5.41) is 3.84. The fraction of sp³-hybridized carbons (Fsp3) is 0.381. The van der Waals surface area contributed by atoms with Gasteiger partial charge < -0.3 is 10.2 Å². The first-order valence-electron chi connectivity index (χ1n) is 9.18. The van der Waals surface area contributed by atoms with Crippen molar-refractivity contribution < 1.29 is 9.69 Å². The van der Waals surface area contributed by atoms with Gasteiger partial charge >= 0.3 is 0 Å². The molecule has 0 unspecified atom stereocenters. The molecule has 0 saturated carbocycles. The molecule has 2 aromatic rings. The van der Waals surface area contributed by atoms with Gasteiger partial charge in [-0.25, -0.2) is 0 Å². The summed E-state index contributed by atoms with van der Waals surface area (Å²) in [5.41, 5.74) is 1.91. The number of carbonyl (C=O) groups is 1. The van der Waals surface area contributed by atoms with E-state index in [0.717, 1.165) is 32.4 Å². The summed E-state index contributed by atoms with van der Waals surface area (Å²) < 4.78 is 0. The van der Waals surface area contributed by atoms with Crippen LogP contribution in [0.2, 0.25) is 10.0 Å². The number of hydrogen-bond donors (Lipinski definition) is 2. The molecule has 3 nitrogen and oxygen atoms in total. The highest BCUT2D eigenvalue weighted by Gasteiger charge is 2.30. The van der Waals surface area contributed by atoms with Gasteiger partial charge in [-0.2, -0.15) is 0 Å². The second-order valence-corrected chi connectivity index (χ2v) is 7.91. The van der Waals surface area contributed by atoms with Gasteiger partial charge in [0.2, 0.25) is 0 Å². The van der Waals surface area contributed by atoms with Gasteiger partial charge in [-0.3, -0.25) is 4.79 Å². The van der Waals surface area contributed by atoms with E-state index >= 15 is 0 Å². The van der Waals surface area contributed by atoms with Crippen molar-refractivity contribution in [2.24, 2.45) is 5.92 Å². The van der Waals surface area contributed by atoms with Gasteiger partial charge in [-0.1, -0.05) is 59.6 Å². The molecule has 0 radical (unpaired) electrons. The Morgan fingerprint density at radius 3 is 2.31 bits per heavy atom. The minimum Gasteiger partial charge on any atom is -0.325 e. The zero-order valence-corrected chi connectivity index (χ0v) is 16.5. The second kappa shape index (κ2) is 8.90. The molecule has 1 heterocycles. The molecule has 1 aliphatic rings. The van der Waals surface area contributed by atoms with E-state index in [2.05, 4.69) is 35.6 Å². The van der Waals surface area contributed by atoms with E-state index in [1.54, 1.807) is 18.2 Å². The number of quaternary nitrogens is 1. The van der Waals surface area contributed by atoms with Crippen LogP contribution in [-0.2, 0) is 11.2 Å². The number of benzene rings is 2. The summed E-state index contributed by atoms with van der Waals surface area (Å²) in [6.07, 6.45) is 3.42. The Balaban J connectivity index is 1.53. The number of hydrogen-bond acceptors (Lipinski definition) is 1. The first-order chi connectivity index (χ1) is 12.5. The molecule has 3 rings (SSSR count). The fourth-order valence-corrected chi connectivity index (χ4v) is 4.16. The molecule has 0 aromatic heterocycles. The highest BCUT2D eigenvalue weighted by molar-refractivity contribution is 6.39. The van der Waals surface area contributed by atoms with Crippen LogP contribution < -0.4 is 10.2 Å². The Labute approximate surface area is 165 Å². The monoisotopic (exact) mass is 391 g/mol. The van der Waals surface area contributed by atoms with Gasteiger partial charge in [0, 0.05) is 0 Å². The van der Waals surface area contributed by atoms with Crippen LogP contribution >= 0.6 is 23.2 Å². The number of anilines is 1.